The number of hydrogen-bond acceptors (Lipinski definition) is 3. The monoisotopic (exact) mass is 298 g/mol. The van der Waals surface area contributed by atoms with E-state index in [1.807, 2.05) is 35.7 Å². The molecule has 4 heteroatoms. The maximum atomic E-state index is 12.4. The van der Waals surface area contributed by atoms with Gasteiger partial charge in [0.2, 0.25) is 5.91 Å². The Bertz CT molecular complexity index is 652. The molecule has 2 bridgehead atoms. The summed E-state index contributed by atoms with van der Waals surface area (Å²) in [5.41, 5.74) is 2.03. The lowest BCUT2D eigenvalue weighted by Crippen LogP contribution is -2.27. The third-order valence-electron chi connectivity index (χ3n) is 4.88. The highest BCUT2D eigenvalue weighted by atomic mass is 32.1. The molecule has 0 aliphatic heterocycles. The van der Waals surface area contributed by atoms with Crippen LogP contribution in [0.3, 0.4) is 0 Å². The van der Waals surface area contributed by atoms with Gasteiger partial charge in [-0.05, 0) is 31.1 Å². The Morgan fingerprint density at radius 1 is 1.19 bits per heavy atom. The summed E-state index contributed by atoms with van der Waals surface area (Å²) in [6, 6.07) is 10.1. The zero-order valence-electron chi connectivity index (χ0n) is 11.8. The Balaban J connectivity index is 1.46. The molecule has 0 radical (unpaired) electrons. The van der Waals surface area contributed by atoms with Crippen LogP contribution in [0.15, 0.2) is 35.7 Å². The summed E-state index contributed by atoms with van der Waals surface area (Å²) in [4.78, 5) is 16.9. The topological polar surface area (TPSA) is 42.0 Å². The van der Waals surface area contributed by atoms with Gasteiger partial charge in [-0.3, -0.25) is 4.79 Å². The van der Waals surface area contributed by atoms with Crippen LogP contribution in [0.4, 0.5) is 5.13 Å². The van der Waals surface area contributed by atoms with E-state index in [0.717, 1.165) is 28.7 Å². The van der Waals surface area contributed by atoms with Crippen LogP contribution in [-0.4, -0.2) is 10.9 Å². The first-order valence-corrected chi connectivity index (χ1v) is 8.49. The Kier molecular flexibility index (Phi) is 3.26. The first kappa shape index (κ1) is 13.0. The zero-order chi connectivity index (χ0) is 14.2. The van der Waals surface area contributed by atoms with Crippen molar-refractivity contribution in [2.45, 2.75) is 25.7 Å². The number of rotatable bonds is 3. The first-order valence-electron chi connectivity index (χ1n) is 7.61. The molecule has 1 aromatic heterocycles. The number of benzene rings is 1. The molecule has 0 spiro atoms. The Morgan fingerprint density at radius 3 is 2.76 bits per heavy atom. The molecule has 21 heavy (non-hydrogen) atoms. The van der Waals surface area contributed by atoms with Crippen molar-refractivity contribution in [3.63, 3.8) is 0 Å². The van der Waals surface area contributed by atoms with Gasteiger partial charge in [0.25, 0.3) is 0 Å². The first-order chi connectivity index (χ1) is 10.3. The van der Waals surface area contributed by atoms with Gasteiger partial charge in [-0.25, -0.2) is 4.98 Å². The quantitative estimate of drug-likeness (QED) is 0.923. The largest absolute Gasteiger partial charge is 0.302 e. The van der Waals surface area contributed by atoms with E-state index in [4.69, 9.17) is 0 Å². The standard InChI is InChI=1S/C17H18N2OS/c20-16(14-9-11-6-7-13(14)8-11)19-17-18-15(10-21-17)12-4-2-1-3-5-12/h1-5,10-11,13-14H,6-9H2,(H,18,19,20)/t11-,13+,14-/m0/s1. The minimum Gasteiger partial charge on any atom is -0.302 e. The number of nitrogens with zero attached hydrogens (tertiary/aromatic N) is 1. The number of carbonyl (C=O) groups is 1. The highest BCUT2D eigenvalue weighted by Gasteiger charge is 2.43. The average Bonchev–Trinajstić information content (AvgIpc) is 3.24. The normalized spacial score (nSPS) is 27.0. The molecular weight excluding hydrogens is 280 g/mol. The molecule has 2 aromatic rings. The van der Waals surface area contributed by atoms with Crippen LogP contribution < -0.4 is 5.32 Å². The SMILES string of the molecule is O=C(Nc1nc(-c2ccccc2)cs1)[C@H]1C[C@H]2CC[C@@H]1C2. The number of hydrogen-bond donors (Lipinski definition) is 1. The van der Waals surface area contributed by atoms with Gasteiger partial charge in [0.15, 0.2) is 5.13 Å². The summed E-state index contributed by atoms with van der Waals surface area (Å²) in [6.45, 7) is 0. The Labute approximate surface area is 128 Å². The predicted octanol–water partition coefficient (Wildman–Crippen LogP) is 4.18. The van der Waals surface area contributed by atoms with Crippen LogP contribution >= 0.6 is 11.3 Å². The van der Waals surface area contributed by atoms with Gasteiger partial charge in [-0.1, -0.05) is 36.8 Å². The Hall–Kier alpha value is -1.68. The van der Waals surface area contributed by atoms with Gasteiger partial charge in [-0.15, -0.1) is 11.3 Å². The van der Waals surface area contributed by atoms with Crippen LogP contribution in [0.5, 0.6) is 0 Å². The Morgan fingerprint density at radius 2 is 2.05 bits per heavy atom. The van der Waals surface area contributed by atoms with E-state index in [1.54, 1.807) is 0 Å². The van der Waals surface area contributed by atoms with Crippen molar-refractivity contribution in [1.82, 2.24) is 4.98 Å². The highest BCUT2D eigenvalue weighted by molar-refractivity contribution is 7.14. The molecule has 4 rings (SSSR count). The van der Waals surface area contributed by atoms with Gasteiger partial charge in [0.05, 0.1) is 5.69 Å². The molecule has 2 aliphatic rings. The summed E-state index contributed by atoms with van der Waals surface area (Å²) in [5, 5.41) is 5.76. The molecule has 1 aromatic carbocycles. The fourth-order valence-corrected chi connectivity index (χ4v) is 4.56. The van der Waals surface area contributed by atoms with Crippen molar-refractivity contribution in [3.05, 3.63) is 35.7 Å². The van der Waals surface area contributed by atoms with Gasteiger partial charge < -0.3 is 5.32 Å². The number of fused-ring (bicyclic) bond motifs is 2. The lowest BCUT2D eigenvalue weighted by atomic mass is 9.88. The van der Waals surface area contributed by atoms with Gasteiger partial charge >= 0.3 is 0 Å². The second kappa shape index (κ2) is 5.26. The molecule has 1 N–H and O–H groups in total. The molecule has 1 heterocycles. The molecule has 3 atom stereocenters. The number of amides is 1. The molecular formula is C17H18N2OS. The van der Waals surface area contributed by atoms with Crippen LogP contribution in [0.1, 0.15) is 25.7 Å². The van der Waals surface area contributed by atoms with E-state index in [0.29, 0.717) is 5.92 Å². The van der Waals surface area contributed by atoms with Crippen molar-refractivity contribution in [1.29, 1.82) is 0 Å². The van der Waals surface area contributed by atoms with Gasteiger partial charge in [0, 0.05) is 16.9 Å². The summed E-state index contributed by atoms with van der Waals surface area (Å²) in [6.07, 6.45) is 4.89. The van der Waals surface area contributed by atoms with Crippen molar-refractivity contribution in [3.8, 4) is 11.3 Å². The predicted molar refractivity (Wildman–Crippen MR) is 85.1 cm³/mol. The molecule has 2 aliphatic carbocycles. The minimum atomic E-state index is 0.177. The lowest BCUT2D eigenvalue weighted by molar-refractivity contribution is -0.121. The van der Waals surface area contributed by atoms with E-state index < -0.39 is 0 Å². The van der Waals surface area contributed by atoms with Gasteiger partial charge in [-0.2, -0.15) is 0 Å². The third-order valence-corrected chi connectivity index (χ3v) is 5.64. The van der Waals surface area contributed by atoms with Crippen LogP contribution in [0.25, 0.3) is 11.3 Å². The number of thiazole rings is 1. The molecule has 0 saturated heterocycles. The van der Waals surface area contributed by atoms with E-state index in [1.165, 1.54) is 30.6 Å². The van der Waals surface area contributed by atoms with Gasteiger partial charge in [0.1, 0.15) is 0 Å². The molecule has 0 unspecified atom stereocenters. The summed E-state index contributed by atoms with van der Waals surface area (Å²) in [5.74, 6) is 1.80. The lowest BCUT2D eigenvalue weighted by Gasteiger charge is -2.19. The maximum absolute atomic E-state index is 12.4. The number of nitrogens with one attached hydrogen (secondary N) is 1. The summed E-state index contributed by atoms with van der Waals surface area (Å²) >= 11 is 1.51. The second-order valence-electron chi connectivity index (χ2n) is 6.17. The third kappa shape index (κ3) is 2.48. The summed E-state index contributed by atoms with van der Waals surface area (Å²) in [7, 11) is 0. The fourth-order valence-electron chi connectivity index (χ4n) is 3.84. The summed E-state index contributed by atoms with van der Waals surface area (Å²) < 4.78 is 0. The van der Waals surface area contributed by atoms with E-state index in [2.05, 4.69) is 10.3 Å². The van der Waals surface area contributed by atoms with E-state index in [-0.39, 0.29) is 11.8 Å². The fraction of sp³-hybridized carbons (Fsp3) is 0.412. The second-order valence-corrected chi connectivity index (χ2v) is 7.03. The zero-order valence-corrected chi connectivity index (χ0v) is 12.6. The smallest absolute Gasteiger partial charge is 0.229 e. The highest BCUT2D eigenvalue weighted by Crippen LogP contribution is 2.48. The average molecular weight is 298 g/mol. The molecule has 1 amide bonds. The number of aromatic nitrogens is 1. The number of anilines is 1. The van der Waals surface area contributed by atoms with E-state index in [9.17, 15) is 4.79 Å². The maximum Gasteiger partial charge on any atom is 0.229 e. The molecule has 3 nitrogen and oxygen atoms in total. The molecule has 2 saturated carbocycles. The van der Waals surface area contributed by atoms with Crippen LogP contribution in [0, 0.1) is 17.8 Å². The van der Waals surface area contributed by atoms with Crippen LogP contribution in [-0.2, 0) is 4.79 Å². The molecule has 2 fully saturated rings. The number of carbonyl (C=O) groups excluding carboxylic acids is 1. The van der Waals surface area contributed by atoms with Crippen molar-refractivity contribution in [2.24, 2.45) is 17.8 Å². The van der Waals surface area contributed by atoms with Crippen molar-refractivity contribution in [2.75, 3.05) is 5.32 Å². The molecule has 108 valence electrons. The van der Waals surface area contributed by atoms with Crippen molar-refractivity contribution < 1.29 is 4.79 Å². The minimum absolute atomic E-state index is 0.177. The van der Waals surface area contributed by atoms with E-state index >= 15 is 0 Å². The van der Waals surface area contributed by atoms with Crippen LogP contribution in [0.2, 0.25) is 0 Å². The van der Waals surface area contributed by atoms with Crippen molar-refractivity contribution >= 4 is 22.4 Å².